The summed E-state index contributed by atoms with van der Waals surface area (Å²) in [5, 5.41) is 11.9. The van der Waals surface area contributed by atoms with Crippen molar-refractivity contribution in [1.82, 2.24) is 4.98 Å². The Morgan fingerprint density at radius 1 is 0.896 bits per heavy atom. The van der Waals surface area contributed by atoms with E-state index in [2.05, 4.69) is 4.98 Å². The predicted octanol–water partition coefficient (Wildman–Crippen LogP) is 7.93. The van der Waals surface area contributed by atoms with E-state index in [-0.39, 0.29) is 27.9 Å². The first-order valence-corrected chi connectivity index (χ1v) is 16.1. The summed E-state index contributed by atoms with van der Waals surface area (Å²) < 4.78 is 17.3. The minimum Gasteiger partial charge on any atom is -0.507 e. The molecule has 1 atom stereocenters. The molecule has 0 saturated carbocycles. The van der Waals surface area contributed by atoms with Gasteiger partial charge in [0.05, 0.1) is 23.9 Å². The Kier molecular flexibility index (Phi) is 9.36. The standard InChI is InChI=1S/C38H32N2O7S/c1-4-45-37(44)35-24(3)39-38(48-35)40-32(26-14-11-17-29(21-26)47-28-15-9-6-10-16-28)31(34(42)36(40)43)33(41)27-18-19-30(23(2)20-27)46-22-25-12-7-5-8-13-25/h5-21,32,41H,4,22H2,1-3H3/t32-/m1/s1. The van der Waals surface area contributed by atoms with Crippen molar-refractivity contribution < 1.29 is 33.7 Å². The molecule has 0 unspecified atom stereocenters. The number of carbonyl (C=O) groups is 3. The summed E-state index contributed by atoms with van der Waals surface area (Å²) in [6.07, 6.45) is 0. The van der Waals surface area contributed by atoms with Crippen molar-refractivity contribution in [3.05, 3.63) is 142 Å². The molecule has 48 heavy (non-hydrogen) atoms. The van der Waals surface area contributed by atoms with Gasteiger partial charge in [0, 0.05) is 5.56 Å². The van der Waals surface area contributed by atoms with Crippen molar-refractivity contribution in [2.24, 2.45) is 0 Å². The van der Waals surface area contributed by atoms with Gasteiger partial charge in [-0.05, 0) is 79.9 Å². The Hall–Kier alpha value is -5.74. The zero-order valence-corrected chi connectivity index (χ0v) is 27.3. The maximum atomic E-state index is 13.8. The number of amides is 1. The summed E-state index contributed by atoms with van der Waals surface area (Å²) in [6.45, 7) is 5.70. The molecule has 9 nitrogen and oxygen atoms in total. The van der Waals surface area contributed by atoms with Crippen LogP contribution in [0.3, 0.4) is 0 Å². The van der Waals surface area contributed by atoms with E-state index in [4.69, 9.17) is 14.2 Å². The van der Waals surface area contributed by atoms with E-state index in [1.54, 1.807) is 56.3 Å². The zero-order valence-electron chi connectivity index (χ0n) is 26.5. The summed E-state index contributed by atoms with van der Waals surface area (Å²) in [7, 11) is 0. The molecule has 1 aliphatic rings. The molecule has 0 bridgehead atoms. The molecule has 1 amide bonds. The number of rotatable bonds is 10. The lowest BCUT2D eigenvalue weighted by molar-refractivity contribution is -0.132. The average molecular weight is 661 g/mol. The quantitative estimate of drug-likeness (QED) is 0.0695. The number of benzene rings is 4. The van der Waals surface area contributed by atoms with Crippen LogP contribution in [0.4, 0.5) is 5.13 Å². The number of aliphatic hydroxyl groups excluding tert-OH is 1. The lowest BCUT2D eigenvalue weighted by atomic mass is 9.94. The van der Waals surface area contributed by atoms with E-state index in [1.165, 1.54) is 4.90 Å². The maximum absolute atomic E-state index is 13.8. The summed E-state index contributed by atoms with van der Waals surface area (Å²) in [5.41, 5.74) is 2.80. The number of ether oxygens (including phenoxy) is 3. The van der Waals surface area contributed by atoms with Gasteiger partial charge in [0.15, 0.2) is 5.13 Å². The van der Waals surface area contributed by atoms with Crippen LogP contribution in [0.2, 0.25) is 0 Å². The van der Waals surface area contributed by atoms with E-state index in [9.17, 15) is 19.5 Å². The van der Waals surface area contributed by atoms with E-state index in [0.29, 0.717) is 40.7 Å². The van der Waals surface area contributed by atoms with Crippen LogP contribution in [0.1, 0.15) is 50.6 Å². The summed E-state index contributed by atoms with van der Waals surface area (Å²) in [4.78, 5) is 46.2. The van der Waals surface area contributed by atoms with Gasteiger partial charge in [0.2, 0.25) is 0 Å². The van der Waals surface area contributed by atoms with Gasteiger partial charge in [-0.25, -0.2) is 9.78 Å². The molecule has 5 aromatic rings. The number of esters is 1. The number of thiazole rings is 1. The van der Waals surface area contributed by atoms with Crippen LogP contribution in [-0.2, 0) is 20.9 Å². The molecular weight excluding hydrogens is 628 g/mol. The summed E-state index contributed by atoms with van der Waals surface area (Å²) in [6, 6.07) is 29.9. The number of para-hydroxylation sites is 1. The predicted molar refractivity (Wildman–Crippen MR) is 183 cm³/mol. The molecule has 1 saturated heterocycles. The fraction of sp³-hybridized carbons (Fsp3) is 0.158. The Bertz CT molecular complexity index is 2020. The number of ketones is 1. The van der Waals surface area contributed by atoms with Gasteiger partial charge in [-0.15, -0.1) is 0 Å². The molecular formula is C38H32N2O7S. The third kappa shape index (κ3) is 6.56. The van der Waals surface area contributed by atoms with E-state index in [0.717, 1.165) is 22.5 Å². The van der Waals surface area contributed by atoms with Crippen LogP contribution >= 0.6 is 11.3 Å². The first kappa shape index (κ1) is 32.2. The molecule has 1 N–H and O–H groups in total. The smallest absolute Gasteiger partial charge is 0.350 e. The zero-order chi connectivity index (χ0) is 33.8. The van der Waals surface area contributed by atoms with E-state index < -0.39 is 23.7 Å². The van der Waals surface area contributed by atoms with Crippen LogP contribution in [-0.4, -0.2) is 34.4 Å². The molecule has 10 heteroatoms. The van der Waals surface area contributed by atoms with Crippen molar-refractivity contribution in [3.8, 4) is 17.2 Å². The molecule has 4 aromatic carbocycles. The van der Waals surface area contributed by atoms with E-state index in [1.807, 2.05) is 67.6 Å². The number of hydrogen-bond donors (Lipinski definition) is 1. The first-order chi connectivity index (χ1) is 23.2. The SMILES string of the molecule is CCOC(=O)c1sc(N2C(=O)C(=O)C(=C(O)c3ccc(OCc4ccccc4)c(C)c3)[C@H]2c2cccc(Oc3ccccc3)c2)nc1C. The van der Waals surface area contributed by atoms with Crippen LogP contribution in [0.5, 0.6) is 17.2 Å². The van der Waals surface area contributed by atoms with Gasteiger partial charge in [-0.2, -0.15) is 0 Å². The van der Waals surface area contributed by atoms with Gasteiger partial charge in [-0.3, -0.25) is 14.5 Å². The minimum atomic E-state index is -1.08. The normalized spacial score (nSPS) is 15.4. The van der Waals surface area contributed by atoms with Crippen molar-refractivity contribution in [2.75, 3.05) is 11.5 Å². The summed E-state index contributed by atoms with van der Waals surface area (Å²) in [5.74, 6) is -1.03. The minimum absolute atomic E-state index is 0.122. The number of anilines is 1. The lowest BCUT2D eigenvalue weighted by Gasteiger charge is -2.23. The maximum Gasteiger partial charge on any atom is 0.350 e. The highest BCUT2D eigenvalue weighted by Crippen LogP contribution is 2.45. The van der Waals surface area contributed by atoms with Gasteiger partial charge in [0.1, 0.15) is 34.5 Å². The molecule has 0 radical (unpaired) electrons. The van der Waals surface area contributed by atoms with Gasteiger partial charge in [0.25, 0.3) is 5.78 Å². The third-order valence-corrected chi connectivity index (χ3v) is 8.87. The number of aliphatic hydroxyl groups is 1. The highest BCUT2D eigenvalue weighted by Gasteiger charge is 2.48. The molecule has 1 fully saturated rings. The van der Waals surface area contributed by atoms with Crippen LogP contribution in [0.25, 0.3) is 5.76 Å². The fourth-order valence-electron chi connectivity index (χ4n) is 5.44. The topological polar surface area (TPSA) is 115 Å². The monoisotopic (exact) mass is 660 g/mol. The number of nitrogens with zero attached hydrogens (tertiary/aromatic N) is 2. The highest BCUT2D eigenvalue weighted by molar-refractivity contribution is 7.17. The fourth-order valence-corrected chi connectivity index (χ4v) is 6.43. The second-order valence-corrected chi connectivity index (χ2v) is 12.0. The lowest BCUT2D eigenvalue weighted by Crippen LogP contribution is -2.29. The van der Waals surface area contributed by atoms with Gasteiger partial charge < -0.3 is 19.3 Å². The van der Waals surface area contributed by atoms with Crippen molar-refractivity contribution in [3.63, 3.8) is 0 Å². The Morgan fingerprint density at radius 3 is 2.31 bits per heavy atom. The number of Topliss-reactive ketones (excluding diaryl/α,β-unsaturated/α-hetero) is 1. The van der Waals surface area contributed by atoms with E-state index >= 15 is 0 Å². The molecule has 6 rings (SSSR count). The number of hydrogen-bond acceptors (Lipinski definition) is 9. The van der Waals surface area contributed by atoms with Crippen molar-refractivity contribution in [2.45, 2.75) is 33.4 Å². The average Bonchev–Trinajstić information content (AvgIpc) is 3.60. The van der Waals surface area contributed by atoms with Crippen molar-refractivity contribution >= 4 is 39.9 Å². The molecule has 0 aliphatic carbocycles. The third-order valence-electron chi connectivity index (χ3n) is 7.73. The first-order valence-electron chi connectivity index (χ1n) is 15.3. The highest BCUT2D eigenvalue weighted by atomic mass is 32.1. The number of aromatic nitrogens is 1. The number of carbonyl (C=O) groups excluding carboxylic acids is 3. The molecule has 1 aliphatic heterocycles. The van der Waals surface area contributed by atoms with Gasteiger partial charge in [-0.1, -0.05) is 72.0 Å². The second-order valence-electron chi connectivity index (χ2n) is 11.0. The molecule has 242 valence electrons. The Labute approximate surface area is 281 Å². The Balaban J connectivity index is 1.42. The Morgan fingerprint density at radius 2 is 1.60 bits per heavy atom. The molecule has 2 heterocycles. The van der Waals surface area contributed by atoms with Crippen LogP contribution < -0.4 is 14.4 Å². The van der Waals surface area contributed by atoms with Crippen molar-refractivity contribution in [1.29, 1.82) is 0 Å². The summed E-state index contributed by atoms with van der Waals surface area (Å²) >= 11 is 0.949. The largest absolute Gasteiger partial charge is 0.507 e. The molecule has 0 spiro atoms. The van der Waals surface area contributed by atoms with Crippen LogP contribution in [0, 0.1) is 13.8 Å². The number of aryl methyl sites for hydroxylation is 2. The van der Waals surface area contributed by atoms with Gasteiger partial charge >= 0.3 is 11.9 Å². The van der Waals surface area contributed by atoms with Crippen LogP contribution in [0.15, 0.2) is 109 Å². The molecule has 1 aromatic heterocycles. The second kappa shape index (κ2) is 13.9.